The summed E-state index contributed by atoms with van der Waals surface area (Å²) in [4.78, 5) is 0. The molecule has 0 saturated heterocycles. The van der Waals surface area contributed by atoms with Gasteiger partial charge >= 0.3 is 0 Å². The molecule has 0 aliphatic heterocycles. The zero-order chi connectivity index (χ0) is 24.1. The Morgan fingerprint density at radius 3 is 1.32 bits per heavy atom. The van der Waals surface area contributed by atoms with Gasteiger partial charge < -0.3 is 19.3 Å². The van der Waals surface area contributed by atoms with E-state index in [2.05, 4.69) is 34.6 Å². The summed E-state index contributed by atoms with van der Waals surface area (Å²) in [6.45, 7) is 12.9. The van der Waals surface area contributed by atoms with E-state index in [1.807, 2.05) is 7.11 Å². The first-order valence-corrected chi connectivity index (χ1v) is 14.0. The van der Waals surface area contributed by atoms with Crippen LogP contribution in [0.5, 0.6) is 0 Å². The van der Waals surface area contributed by atoms with Crippen LogP contribution in [0.25, 0.3) is 0 Å². The van der Waals surface area contributed by atoms with Crippen LogP contribution in [0.4, 0.5) is 0 Å². The van der Waals surface area contributed by atoms with Crippen LogP contribution in [0.3, 0.4) is 0 Å². The Hall–Kier alpha value is -1.16. The summed E-state index contributed by atoms with van der Waals surface area (Å²) < 4.78 is 17.8. The number of ether oxygens (including phenoxy) is 3. The van der Waals surface area contributed by atoms with Gasteiger partial charge in [-0.15, -0.1) is 0 Å². The second kappa shape index (κ2) is 12.7. The molecule has 0 bridgehead atoms. The van der Waals surface area contributed by atoms with Gasteiger partial charge in [0.2, 0.25) is 0 Å². The number of hydrogen-bond donors (Lipinski definition) is 1. The van der Waals surface area contributed by atoms with Crippen molar-refractivity contribution in [2.24, 2.45) is 28.6 Å². The van der Waals surface area contributed by atoms with E-state index < -0.39 is 6.10 Å². The van der Waals surface area contributed by atoms with Gasteiger partial charge in [-0.1, -0.05) is 34.6 Å². The number of rotatable bonds is 9. The molecule has 1 N–H and O–H groups in total. The van der Waals surface area contributed by atoms with Crippen molar-refractivity contribution in [2.45, 2.75) is 136 Å². The van der Waals surface area contributed by atoms with Gasteiger partial charge in [-0.3, -0.25) is 0 Å². The smallest absolute Gasteiger partial charge is 0.101 e. The maximum Gasteiger partial charge on any atom is 0.101 e. The molecule has 1 unspecified atom stereocenters. The Bertz CT molecular complexity index is 551. The molecule has 3 aliphatic rings. The van der Waals surface area contributed by atoms with Gasteiger partial charge in [-0.25, -0.2) is 0 Å². The van der Waals surface area contributed by atoms with Gasteiger partial charge in [-0.2, -0.15) is 0 Å². The molecular formula is C29H54O4Rf. The summed E-state index contributed by atoms with van der Waals surface area (Å²) in [5, 5.41) is 10.4. The fourth-order valence-electron chi connectivity index (χ4n) is 6.99. The average Bonchev–Trinajstić information content (AvgIpc) is 2.81. The minimum atomic E-state index is -0.504. The number of aliphatic hydroxyl groups excluding tert-OH is 1. The van der Waals surface area contributed by atoms with E-state index in [0.717, 1.165) is 43.4 Å². The quantitative estimate of drug-likeness (QED) is 0.284. The summed E-state index contributed by atoms with van der Waals surface area (Å²) in [7, 11) is 1.86. The van der Waals surface area contributed by atoms with Gasteiger partial charge in [0.15, 0.2) is 0 Å². The molecule has 0 aromatic rings. The summed E-state index contributed by atoms with van der Waals surface area (Å²) in [5.41, 5.74) is 0.805. The first kappa shape index (κ1) is 29.1. The van der Waals surface area contributed by atoms with Gasteiger partial charge in [0.05, 0.1) is 31.5 Å². The summed E-state index contributed by atoms with van der Waals surface area (Å²) in [5.74, 6) is 2.41. The maximum absolute atomic E-state index is 10.4. The van der Waals surface area contributed by atoms with Crippen molar-refractivity contribution in [1.82, 2.24) is 0 Å². The van der Waals surface area contributed by atoms with Crippen molar-refractivity contribution in [3.8, 4) is 0 Å². The fourth-order valence-corrected chi connectivity index (χ4v) is 6.99. The van der Waals surface area contributed by atoms with Gasteiger partial charge in [0.25, 0.3) is 0 Å². The van der Waals surface area contributed by atoms with Crippen LogP contribution in [0.15, 0.2) is 0 Å². The van der Waals surface area contributed by atoms with Gasteiger partial charge in [0.1, 0.15) is 6.10 Å². The Morgan fingerprint density at radius 2 is 0.971 bits per heavy atom. The SMILES string of the molecule is COC1CCC(C(C)(C)C2CCC(OCC(O)COC3CCC(C(C)(C)C)CC3)CC2)CC1.[Rf]. The van der Waals surface area contributed by atoms with Crippen LogP contribution in [-0.2, 0) is 14.2 Å². The normalized spacial score (nSPS) is 34.3. The zero-order valence-electron chi connectivity index (χ0n) is 23.3. The molecule has 4 nitrogen and oxygen atoms in total. The van der Waals surface area contributed by atoms with E-state index in [4.69, 9.17) is 14.2 Å². The first-order valence-electron chi connectivity index (χ1n) is 14.0. The summed E-state index contributed by atoms with van der Waals surface area (Å²) in [6, 6.07) is 0. The Morgan fingerprint density at radius 1 is 0.618 bits per heavy atom. The predicted molar refractivity (Wildman–Crippen MR) is 135 cm³/mol. The third kappa shape index (κ3) is 7.93. The van der Waals surface area contributed by atoms with E-state index in [9.17, 15) is 5.11 Å². The third-order valence-electron chi connectivity index (χ3n) is 9.73. The minimum absolute atomic E-state index is 0. The van der Waals surface area contributed by atoms with Crippen LogP contribution in [-0.4, -0.2) is 49.8 Å². The van der Waals surface area contributed by atoms with E-state index in [0.29, 0.717) is 42.4 Å². The first-order chi connectivity index (χ1) is 15.6. The van der Waals surface area contributed by atoms with Crippen LogP contribution < -0.4 is 0 Å². The van der Waals surface area contributed by atoms with Crippen molar-refractivity contribution < 1.29 is 19.3 Å². The standard InChI is InChI=1S/C29H54O4.Rf/c1-28(2,3)21-7-15-26(16-8-21)32-19-24(30)20-33-27-17-11-23(12-18-27)29(4,5)22-9-13-25(31-6)14-10-22;/h21-27,30H,7-20H2,1-6H3;. The fraction of sp³-hybridized carbons (Fsp3) is 1.00. The molecule has 0 spiro atoms. The maximum atomic E-state index is 10.4. The largest absolute Gasteiger partial charge is 0.388 e. The molecule has 0 radical (unpaired) electrons. The predicted octanol–water partition coefficient (Wildman–Crippen LogP) is 6.78. The number of aliphatic hydroxyl groups is 1. The monoisotopic (exact) mass is 734 g/mol. The number of hydrogen-bond acceptors (Lipinski definition) is 4. The molecule has 3 saturated carbocycles. The topological polar surface area (TPSA) is 47.9 Å². The van der Waals surface area contributed by atoms with Crippen molar-refractivity contribution in [3.05, 3.63) is 0 Å². The second-order valence-corrected chi connectivity index (χ2v) is 13.2. The van der Waals surface area contributed by atoms with Crippen LogP contribution in [0.2, 0.25) is 0 Å². The van der Waals surface area contributed by atoms with E-state index in [1.165, 1.54) is 51.4 Å². The molecule has 0 aromatic heterocycles. The molecule has 3 rings (SSSR count). The molecule has 1 atom stereocenters. The van der Waals surface area contributed by atoms with E-state index >= 15 is 0 Å². The zero-order valence-corrected chi connectivity index (χ0v) is 29.7. The molecule has 196 valence electrons. The van der Waals surface area contributed by atoms with Crippen molar-refractivity contribution in [2.75, 3.05) is 20.3 Å². The third-order valence-corrected chi connectivity index (χ3v) is 9.73. The van der Waals surface area contributed by atoms with Crippen LogP contribution in [0, 0.1) is 28.6 Å². The number of methoxy groups -OCH3 is 1. The Labute approximate surface area is 204 Å². The molecule has 5 heteroatoms. The van der Waals surface area contributed by atoms with Crippen molar-refractivity contribution >= 4 is 0 Å². The van der Waals surface area contributed by atoms with Crippen LogP contribution >= 0.6 is 0 Å². The van der Waals surface area contributed by atoms with Crippen LogP contribution in [0.1, 0.15) is 112 Å². The Kier molecular flexibility index (Phi) is 10.9. The molecule has 3 aliphatic carbocycles. The molecule has 0 amide bonds. The van der Waals surface area contributed by atoms with E-state index in [1.54, 1.807) is 0 Å². The average molecular weight is 734 g/mol. The molecule has 0 heterocycles. The van der Waals surface area contributed by atoms with Crippen molar-refractivity contribution in [1.29, 1.82) is 0 Å². The summed E-state index contributed by atoms with van der Waals surface area (Å²) >= 11 is 0. The molecule has 34 heavy (non-hydrogen) atoms. The van der Waals surface area contributed by atoms with E-state index in [-0.39, 0.29) is 0 Å². The van der Waals surface area contributed by atoms with Crippen molar-refractivity contribution in [3.63, 3.8) is 0 Å². The molecule has 3 fully saturated rings. The molecular weight excluding hydrogens is 679 g/mol. The second-order valence-electron chi connectivity index (χ2n) is 13.2. The van der Waals surface area contributed by atoms with Gasteiger partial charge in [-0.05, 0) is 106 Å². The summed E-state index contributed by atoms with van der Waals surface area (Å²) in [6.07, 6.45) is 15.2. The molecule has 0 aromatic carbocycles. The minimum Gasteiger partial charge on any atom is -0.388 e. The van der Waals surface area contributed by atoms with Gasteiger partial charge in [0, 0.05) is 7.11 Å². The Balaban J connectivity index is 0.00000408.